The van der Waals surface area contributed by atoms with Crippen molar-refractivity contribution in [3.05, 3.63) is 83.6 Å². The number of nitrogens with one attached hydrogen (secondary N) is 2. The van der Waals surface area contributed by atoms with Crippen molar-refractivity contribution < 1.29 is 31.5 Å². The smallest absolute Gasteiger partial charge is 0.330 e. The molecular formula is C28H32F2N6O5S2. The van der Waals surface area contributed by atoms with Crippen LogP contribution in [0.4, 0.5) is 30.8 Å². The molecule has 2 aromatic carbocycles. The molecule has 11 nitrogen and oxygen atoms in total. The number of hydrogen-bond donors (Lipinski definition) is 2. The maximum absolute atomic E-state index is 13.9. The number of fused-ring (bicyclic) bond motifs is 1. The summed E-state index contributed by atoms with van der Waals surface area (Å²) in [5.74, 6) is -2.12. The minimum atomic E-state index is -4.37. The van der Waals surface area contributed by atoms with E-state index >= 15 is 0 Å². The first-order valence-corrected chi connectivity index (χ1v) is 14.7. The molecule has 2 aliphatic rings. The Morgan fingerprint density at radius 2 is 1.72 bits per heavy atom. The molecule has 2 N–H and O–H groups in total. The Balaban J connectivity index is 0.00000423. The average Bonchev–Trinajstić information content (AvgIpc) is 3.41. The van der Waals surface area contributed by atoms with E-state index in [-0.39, 0.29) is 37.8 Å². The van der Waals surface area contributed by atoms with E-state index in [1.807, 2.05) is 16.9 Å². The summed E-state index contributed by atoms with van der Waals surface area (Å²) in [7, 11) is -2.87. The molecule has 0 saturated carbocycles. The van der Waals surface area contributed by atoms with Gasteiger partial charge in [0.05, 0.1) is 13.2 Å². The number of hydrogen-bond acceptors (Lipinski definition) is 7. The third-order valence-corrected chi connectivity index (χ3v) is 8.49. The van der Waals surface area contributed by atoms with Crippen molar-refractivity contribution in [3.8, 4) is 0 Å². The molecule has 0 radical (unpaired) electrons. The lowest BCUT2D eigenvalue weighted by atomic mass is 10.0. The van der Waals surface area contributed by atoms with Crippen LogP contribution >= 0.6 is 13.5 Å². The number of aromatic nitrogens is 1. The van der Waals surface area contributed by atoms with Crippen molar-refractivity contribution in [2.24, 2.45) is 0 Å². The highest BCUT2D eigenvalue weighted by molar-refractivity contribution is 7.91. The van der Waals surface area contributed by atoms with Gasteiger partial charge >= 0.3 is 16.2 Å². The molecule has 0 unspecified atom stereocenters. The largest absolute Gasteiger partial charge is 0.378 e. The van der Waals surface area contributed by atoms with E-state index in [4.69, 9.17) is 4.74 Å². The molecule has 0 aliphatic carbocycles. The van der Waals surface area contributed by atoms with Gasteiger partial charge in [-0.15, -0.1) is 0 Å². The second-order valence-electron chi connectivity index (χ2n) is 9.94. The van der Waals surface area contributed by atoms with Crippen LogP contribution in [0.5, 0.6) is 0 Å². The van der Waals surface area contributed by atoms with Gasteiger partial charge in [0, 0.05) is 56.7 Å². The van der Waals surface area contributed by atoms with Crippen molar-refractivity contribution >= 4 is 52.8 Å². The van der Waals surface area contributed by atoms with Gasteiger partial charge in [0.2, 0.25) is 5.91 Å². The number of urea groups is 1. The summed E-state index contributed by atoms with van der Waals surface area (Å²) in [5.41, 5.74) is 2.27. The summed E-state index contributed by atoms with van der Waals surface area (Å²) in [6, 6.07) is 10.9. The number of nitrogens with zero attached hydrogens (tertiary/aromatic N) is 4. The fourth-order valence-electron chi connectivity index (χ4n) is 5.01. The van der Waals surface area contributed by atoms with Crippen molar-refractivity contribution in [1.82, 2.24) is 15.0 Å². The minimum Gasteiger partial charge on any atom is -0.378 e. The number of morpholine rings is 1. The van der Waals surface area contributed by atoms with Gasteiger partial charge < -0.3 is 19.9 Å². The highest BCUT2D eigenvalue weighted by Crippen LogP contribution is 2.27. The lowest BCUT2D eigenvalue weighted by Crippen LogP contribution is -2.54. The number of likely N-dealkylation sites (N-methyl/N-ethyl adjacent to an activating group) is 1. The van der Waals surface area contributed by atoms with Crippen LogP contribution in [0.25, 0.3) is 0 Å². The molecule has 0 spiro atoms. The predicted molar refractivity (Wildman–Crippen MR) is 163 cm³/mol. The summed E-state index contributed by atoms with van der Waals surface area (Å²) >= 11 is 0. The van der Waals surface area contributed by atoms with Crippen LogP contribution in [-0.4, -0.2) is 71.3 Å². The Labute approximate surface area is 255 Å². The van der Waals surface area contributed by atoms with Crippen molar-refractivity contribution in [2.75, 3.05) is 54.0 Å². The first-order valence-electron chi connectivity index (χ1n) is 13.3. The quantitative estimate of drug-likeness (QED) is 0.390. The molecule has 0 bridgehead atoms. The number of pyridine rings is 1. The molecule has 1 aromatic heterocycles. The van der Waals surface area contributed by atoms with Crippen molar-refractivity contribution in [2.45, 2.75) is 18.9 Å². The van der Waals surface area contributed by atoms with Gasteiger partial charge in [-0.1, -0.05) is 6.07 Å². The van der Waals surface area contributed by atoms with E-state index in [9.17, 15) is 26.8 Å². The number of rotatable bonds is 8. The molecule has 1 atom stereocenters. The third-order valence-electron chi connectivity index (χ3n) is 7.11. The van der Waals surface area contributed by atoms with Crippen molar-refractivity contribution in [3.63, 3.8) is 0 Å². The van der Waals surface area contributed by atoms with Gasteiger partial charge in [-0.25, -0.2) is 27.6 Å². The fraction of sp³-hybridized carbons (Fsp3) is 0.321. The van der Waals surface area contributed by atoms with E-state index in [1.54, 1.807) is 24.3 Å². The van der Waals surface area contributed by atoms with E-state index in [0.29, 0.717) is 37.0 Å². The van der Waals surface area contributed by atoms with Gasteiger partial charge in [0.25, 0.3) is 0 Å². The molecule has 3 amide bonds. The lowest BCUT2D eigenvalue weighted by Gasteiger charge is -2.29. The molecule has 1 saturated heterocycles. The highest BCUT2D eigenvalue weighted by atomic mass is 32.2. The number of benzene rings is 2. The molecular weight excluding hydrogens is 602 g/mol. The molecule has 43 heavy (non-hydrogen) atoms. The monoisotopic (exact) mass is 634 g/mol. The summed E-state index contributed by atoms with van der Waals surface area (Å²) in [6.45, 7) is 2.80. The summed E-state index contributed by atoms with van der Waals surface area (Å²) in [6.07, 6.45) is 1.57. The number of carbonyl (C=O) groups excluding carboxylic acids is 2. The lowest BCUT2D eigenvalue weighted by molar-refractivity contribution is -0.120. The van der Waals surface area contributed by atoms with Gasteiger partial charge in [-0.2, -0.15) is 21.9 Å². The first kappa shape index (κ1) is 32.0. The summed E-state index contributed by atoms with van der Waals surface area (Å²) in [4.78, 5) is 34.1. The Kier molecular flexibility index (Phi) is 10.1. The molecule has 15 heteroatoms. The molecule has 1 fully saturated rings. The van der Waals surface area contributed by atoms with E-state index in [2.05, 4.69) is 15.2 Å². The molecule has 2 aliphatic heterocycles. The Hall–Kier alpha value is -3.95. The fourth-order valence-corrected chi connectivity index (χ4v) is 6.13. The average molecular weight is 635 g/mol. The maximum atomic E-state index is 13.9. The van der Waals surface area contributed by atoms with Gasteiger partial charge in [0.1, 0.15) is 23.5 Å². The topological polar surface area (TPSA) is 124 Å². The standard InChI is InChI=1S/C28H30F2N6O5S.H2S/c1-34(23-4-6-24(7-5-23)35-11-13-41-14-12-35)27(37)25(17-19-15-21(29)18-22(30)16-19)32-28(38)33-42(39,40)36-10-8-20-3-2-9-31-26(20)36;/h2-7,9,15-16,18,25H,8,10-14,17H2,1H3,(H2,32,33,38);1H2/t25-;/m0./s1. The summed E-state index contributed by atoms with van der Waals surface area (Å²) < 4.78 is 62.2. The Morgan fingerprint density at radius 3 is 2.40 bits per heavy atom. The second-order valence-corrected chi connectivity index (χ2v) is 11.5. The number of halogens is 2. The first-order chi connectivity index (χ1) is 20.1. The number of anilines is 3. The maximum Gasteiger partial charge on any atom is 0.330 e. The van der Waals surface area contributed by atoms with Crippen molar-refractivity contribution in [1.29, 1.82) is 0 Å². The van der Waals surface area contributed by atoms with Gasteiger partial charge in [-0.3, -0.25) is 4.79 Å². The third kappa shape index (κ3) is 7.53. The van der Waals surface area contributed by atoms with Gasteiger partial charge in [0.15, 0.2) is 0 Å². The second kappa shape index (κ2) is 13.6. The Morgan fingerprint density at radius 1 is 1.05 bits per heavy atom. The minimum absolute atomic E-state index is 0. The summed E-state index contributed by atoms with van der Waals surface area (Å²) in [5, 5.41) is 2.39. The van der Waals surface area contributed by atoms with E-state index in [0.717, 1.165) is 35.2 Å². The zero-order valence-electron chi connectivity index (χ0n) is 23.3. The number of carbonyl (C=O) groups is 2. The molecule has 3 aromatic rings. The van der Waals surface area contributed by atoms with Crippen LogP contribution in [0.3, 0.4) is 0 Å². The number of ether oxygens (including phenoxy) is 1. The molecule has 3 heterocycles. The van der Waals surface area contributed by atoms with Crippen LogP contribution in [0, 0.1) is 11.6 Å². The molecule has 230 valence electrons. The van der Waals surface area contributed by atoms with E-state index < -0.39 is 39.8 Å². The Bertz CT molecular complexity index is 1550. The predicted octanol–water partition coefficient (Wildman–Crippen LogP) is 2.49. The molecule has 5 rings (SSSR count). The van der Waals surface area contributed by atoms with Crippen LogP contribution in [0.1, 0.15) is 11.1 Å². The zero-order valence-corrected chi connectivity index (χ0v) is 25.1. The normalized spacial score (nSPS) is 15.2. The number of amides is 3. The zero-order chi connectivity index (χ0) is 29.9. The van der Waals surface area contributed by atoms with Crippen LogP contribution in [0.15, 0.2) is 60.8 Å². The van der Waals surface area contributed by atoms with Crippen LogP contribution in [-0.2, 0) is 32.6 Å². The van der Waals surface area contributed by atoms with Crippen LogP contribution in [0.2, 0.25) is 0 Å². The van der Waals surface area contributed by atoms with Gasteiger partial charge in [-0.05, 0) is 60.0 Å². The van der Waals surface area contributed by atoms with E-state index in [1.165, 1.54) is 18.1 Å². The SMILES string of the molecule is CN(C(=O)[C@H](Cc1cc(F)cc(F)c1)NC(=O)NS(=O)(=O)N1CCc2cccnc21)c1ccc(N2CCOCC2)cc1.S. The van der Waals surface area contributed by atoms with Crippen LogP contribution < -0.4 is 24.1 Å². The highest BCUT2D eigenvalue weighted by Gasteiger charge is 2.33.